The lowest BCUT2D eigenvalue weighted by atomic mass is 9.99. The molecule has 1 atom stereocenters. The minimum absolute atomic E-state index is 0.0507. The SMILES string of the molecule is O=C(O)CCC(CC(=O)N(O)Cc1ccccc1)C(=O)O. The van der Waals surface area contributed by atoms with E-state index in [4.69, 9.17) is 10.2 Å². The number of benzene rings is 1. The molecule has 0 spiro atoms. The molecule has 0 saturated heterocycles. The average molecular weight is 295 g/mol. The zero-order chi connectivity index (χ0) is 15.8. The molecule has 1 unspecified atom stereocenters. The summed E-state index contributed by atoms with van der Waals surface area (Å²) in [5.74, 6) is -4.26. The molecule has 0 saturated carbocycles. The molecule has 0 aromatic heterocycles. The molecule has 7 heteroatoms. The van der Waals surface area contributed by atoms with Gasteiger partial charge in [0.2, 0.25) is 5.91 Å². The van der Waals surface area contributed by atoms with Crippen molar-refractivity contribution in [2.75, 3.05) is 0 Å². The average Bonchev–Trinajstić information content (AvgIpc) is 2.43. The molecular formula is C14H17NO6. The van der Waals surface area contributed by atoms with Crippen LogP contribution < -0.4 is 0 Å². The van der Waals surface area contributed by atoms with Crippen LogP contribution in [0, 0.1) is 5.92 Å². The number of hydrogen-bond donors (Lipinski definition) is 3. The van der Waals surface area contributed by atoms with Gasteiger partial charge in [0.25, 0.3) is 0 Å². The van der Waals surface area contributed by atoms with Crippen molar-refractivity contribution in [2.45, 2.75) is 25.8 Å². The summed E-state index contributed by atoms with van der Waals surface area (Å²) in [6.45, 7) is -0.0507. The predicted octanol–water partition coefficient (Wildman–Crippen LogP) is 1.36. The maximum absolute atomic E-state index is 11.8. The summed E-state index contributed by atoms with van der Waals surface area (Å²) in [6.07, 6.45) is -0.935. The second-order valence-corrected chi connectivity index (χ2v) is 4.61. The van der Waals surface area contributed by atoms with E-state index in [1.807, 2.05) is 0 Å². The number of carbonyl (C=O) groups is 3. The van der Waals surface area contributed by atoms with Crippen LogP contribution in [0.25, 0.3) is 0 Å². The third-order valence-corrected chi connectivity index (χ3v) is 2.94. The third kappa shape index (κ3) is 6.05. The Morgan fingerprint density at radius 2 is 1.71 bits per heavy atom. The van der Waals surface area contributed by atoms with Crippen molar-refractivity contribution in [3.8, 4) is 0 Å². The van der Waals surface area contributed by atoms with E-state index in [9.17, 15) is 19.6 Å². The number of rotatable bonds is 8. The van der Waals surface area contributed by atoms with Gasteiger partial charge in [-0.2, -0.15) is 0 Å². The number of hydroxylamine groups is 2. The molecule has 1 aromatic carbocycles. The maximum Gasteiger partial charge on any atom is 0.307 e. The van der Waals surface area contributed by atoms with Crippen LogP contribution in [0.5, 0.6) is 0 Å². The van der Waals surface area contributed by atoms with Crippen LogP contribution >= 0.6 is 0 Å². The van der Waals surface area contributed by atoms with Gasteiger partial charge in [-0.1, -0.05) is 30.3 Å². The van der Waals surface area contributed by atoms with Crippen LogP contribution in [0.1, 0.15) is 24.8 Å². The van der Waals surface area contributed by atoms with Crippen molar-refractivity contribution in [3.63, 3.8) is 0 Å². The van der Waals surface area contributed by atoms with Crippen LogP contribution in [0.4, 0.5) is 0 Å². The summed E-state index contributed by atoms with van der Waals surface area (Å²) < 4.78 is 0. The Hall–Kier alpha value is -2.41. The molecule has 0 aliphatic carbocycles. The highest BCUT2D eigenvalue weighted by molar-refractivity contribution is 5.82. The largest absolute Gasteiger partial charge is 0.481 e. The van der Waals surface area contributed by atoms with Gasteiger partial charge in [-0.05, 0) is 12.0 Å². The second-order valence-electron chi connectivity index (χ2n) is 4.61. The number of carboxylic acid groups (broad SMARTS) is 2. The molecule has 3 N–H and O–H groups in total. The highest BCUT2D eigenvalue weighted by atomic mass is 16.5. The second kappa shape index (κ2) is 8.01. The Balaban J connectivity index is 2.56. The number of carbonyl (C=O) groups excluding carboxylic acids is 1. The number of hydrogen-bond acceptors (Lipinski definition) is 4. The van der Waals surface area contributed by atoms with Gasteiger partial charge in [-0.15, -0.1) is 0 Å². The first kappa shape index (κ1) is 16.6. The van der Waals surface area contributed by atoms with Gasteiger partial charge >= 0.3 is 11.9 Å². The van der Waals surface area contributed by atoms with E-state index in [0.717, 1.165) is 0 Å². The van der Waals surface area contributed by atoms with Gasteiger partial charge in [-0.25, -0.2) is 5.06 Å². The summed E-state index contributed by atoms with van der Waals surface area (Å²) in [6, 6.07) is 8.73. The lowest BCUT2D eigenvalue weighted by Gasteiger charge is -2.17. The molecule has 0 bridgehead atoms. The molecule has 0 aliphatic heterocycles. The molecule has 0 radical (unpaired) electrons. The third-order valence-electron chi connectivity index (χ3n) is 2.94. The fourth-order valence-electron chi connectivity index (χ4n) is 1.77. The lowest BCUT2D eigenvalue weighted by molar-refractivity contribution is -0.171. The van der Waals surface area contributed by atoms with Gasteiger partial charge < -0.3 is 10.2 Å². The Kier molecular flexibility index (Phi) is 6.35. The zero-order valence-corrected chi connectivity index (χ0v) is 11.3. The molecule has 1 rings (SSSR count). The number of nitrogens with zero attached hydrogens (tertiary/aromatic N) is 1. The highest BCUT2D eigenvalue weighted by Gasteiger charge is 2.24. The van der Waals surface area contributed by atoms with Crippen molar-refractivity contribution in [3.05, 3.63) is 35.9 Å². The first-order valence-electron chi connectivity index (χ1n) is 6.38. The first-order valence-corrected chi connectivity index (χ1v) is 6.38. The van der Waals surface area contributed by atoms with Gasteiger partial charge in [0.15, 0.2) is 0 Å². The Labute approximate surface area is 121 Å². The molecule has 7 nitrogen and oxygen atoms in total. The molecular weight excluding hydrogens is 278 g/mol. The van der Waals surface area contributed by atoms with Gasteiger partial charge in [-0.3, -0.25) is 19.6 Å². The maximum atomic E-state index is 11.8. The van der Waals surface area contributed by atoms with Crippen molar-refractivity contribution >= 4 is 17.8 Å². The van der Waals surface area contributed by atoms with Crippen molar-refractivity contribution in [1.82, 2.24) is 5.06 Å². The summed E-state index contributed by atoms with van der Waals surface area (Å²) in [5, 5.41) is 27.6. The van der Waals surface area contributed by atoms with E-state index in [0.29, 0.717) is 10.6 Å². The standard InChI is InChI=1S/C14H17NO6/c16-12(8-11(14(19)20)6-7-13(17)18)15(21)9-10-4-2-1-3-5-10/h1-5,11,21H,6-9H2,(H,17,18)(H,19,20). The summed E-state index contributed by atoms with van der Waals surface area (Å²) in [5.41, 5.74) is 0.700. The van der Waals surface area contributed by atoms with Crippen LogP contribution in [0.3, 0.4) is 0 Å². The van der Waals surface area contributed by atoms with Crippen LogP contribution in [-0.2, 0) is 20.9 Å². The predicted molar refractivity (Wildman–Crippen MR) is 71.4 cm³/mol. The zero-order valence-electron chi connectivity index (χ0n) is 11.3. The Bertz CT molecular complexity index is 501. The first-order chi connectivity index (χ1) is 9.90. The minimum Gasteiger partial charge on any atom is -0.481 e. The van der Waals surface area contributed by atoms with E-state index in [1.165, 1.54) is 0 Å². The van der Waals surface area contributed by atoms with Gasteiger partial charge in [0.1, 0.15) is 0 Å². The van der Waals surface area contributed by atoms with Crippen molar-refractivity contribution in [1.29, 1.82) is 0 Å². The highest BCUT2D eigenvalue weighted by Crippen LogP contribution is 2.14. The van der Waals surface area contributed by atoms with E-state index < -0.39 is 30.2 Å². The number of carboxylic acids is 2. The van der Waals surface area contributed by atoms with Crippen LogP contribution in [0.15, 0.2) is 30.3 Å². The Morgan fingerprint density at radius 3 is 2.24 bits per heavy atom. The molecule has 1 amide bonds. The normalized spacial score (nSPS) is 11.7. The summed E-state index contributed by atoms with van der Waals surface area (Å²) in [7, 11) is 0. The molecule has 1 aromatic rings. The number of amides is 1. The van der Waals surface area contributed by atoms with Crippen LogP contribution in [-0.4, -0.2) is 38.3 Å². The van der Waals surface area contributed by atoms with E-state index in [-0.39, 0.29) is 19.4 Å². The fraction of sp³-hybridized carbons (Fsp3) is 0.357. The summed E-state index contributed by atoms with van der Waals surface area (Å²) >= 11 is 0. The van der Waals surface area contributed by atoms with E-state index in [2.05, 4.69) is 0 Å². The van der Waals surface area contributed by atoms with Crippen LogP contribution in [0.2, 0.25) is 0 Å². The monoisotopic (exact) mass is 295 g/mol. The molecule has 0 fully saturated rings. The lowest BCUT2D eigenvalue weighted by Crippen LogP contribution is -2.31. The molecule has 114 valence electrons. The smallest absolute Gasteiger partial charge is 0.307 e. The molecule has 0 aliphatic rings. The summed E-state index contributed by atoms with van der Waals surface area (Å²) in [4.78, 5) is 33.2. The topological polar surface area (TPSA) is 115 Å². The van der Waals surface area contributed by atoms with Crippen molar-refractivity contribution < 1.29 is 29.8 Å². The fourth-order valence-corrected chi connectivity index (χ4v) is 1.77. The minimum atomic E-state index is -1.25. The molecule has 0 heterocycles. The van der Waals surface area contributed by atoms with E-state index >= 15 is 0 Å². The van der Waals surface area contributed by atoms with E-state index in [1.54, 1.807) is 30.3 Å². The number of aliphatic carboxylic acids is 2. The van der Waals surface area contributed by atoms with Crippen molar-refractivity contribution in [2.24, 2.45) is 5.92 Å². The molecule has 21 heavy (non-hydrogen) atoms. The Morgan fingerprint density at radius 1 is 1.10 bits per heavy atom. The van der Waals surface area contributed by atoms with Gasteiger partial charge in [0.05, 0.1) is 12.5 Å². The van der Waals surface area contributed by atoms with Gasteiger partial charge in [0, 0.05) is 12.8 Å². The quantitative estimate of drug-likeness (QED) is 0.492.